The summed E-state index contributed by atoms with van der Waals surface area (Å²) >= 11 is 6.54. The predicted molar refractivity (Wildman–Crippen MR) is 110 cm³/mol. The molecule has 0 saturated heterocycles. The van der Waals surface area contributed by atoms with Gasteiger partial charge in [-0.2, -0.15) is 5.10 Å². The number of amides is 1. The molecule has 0 radical (unpaired) electrons. The molecule has 1 aliphatic heterocycles. The Labute approximate surface area is 169 Å². The maximum absolute atomic E-state index is 13.2. The molecule has 3 aromatic rings. The van der Waals surface area contributed by atoms with Gasteiger partial charge in [0.05, 0.1) is 18.8 Å². The molecule has 0 bridgehead atoms. The fraction of sp³-hybridized carbons (Fsp3) is 0.273. The Morgan fingerprint density at radius 1 is 1.18 bits per heavy atom. The summed E-state index contributed by atoms with van der Waals surface area (Å²) in [4.78, 5) is 15.1. The van der Waals surface area contributed by atoms with Crippen LogP contribution in [0.5, 0.6) is 5.75 Å². The van der Waals surface area contributed by atoms with E-state index in [9.17, 15) is 4.79 Å². The van der Waals surface area contributed by atoms with Crippen LogP contribution in [0, 0.1) is 5.92 Å². The number of hydrogen-bond donors (Lipinski definition) is 1. The minimum atomic E-state index is -0.269. The Hall–Kier alpha value is -2.79. The summed E-state index contributed by atoms with van der Waals surface area (Å²) in [5, 5.41) is 8.09. The highest BCUT2D eigenvalue weighted by Crippen LogP contribution is 2.44. The van der Waals surface area contributed by atoms with Gasteiger partial charge in [-0.1, -0.05) is 43.6 Å². The van der Waals surface area contributed by atoms with E-state index in [1.54, 1.807) is 7.11 Å². The van der Waals surface area contributed by atoms with E-state index in [-0.39, 0.29) is 11.9 Å². The number of methoxy groups -OCH3 is 1. The first-order valence-electron chi connectivity index (χ1n) is 9.29. The fourth-order valence-electron chi connectivity index (χ4n) is 3.77. The zero-order chi connectivity index (χ0) is 19.8. The second-order valence-corrected chi connectivity index (χ2v) is 7.77. The van der Waals surface area contributed by atoms with E-state index in [2.05, 4.69) is 24.0 Å². The van der Waals surface area contributed by atoms with Gasteiger partial charge in [0.2, 0.25) is 0 Å². The summed E-state index contributed by atoms with van der Waals surface area (Å²) in [5.74, 6) is 1.06. The number of aromatic amines is 1. The molecule has 2 aromatic carbocycles. The van der Waals surface area contributed by atoms with Crippen molar-refractivity contribution < 1.29 is 9.53 Å². The van der Waals surface area contributed by atoms with Crippen LogP contribution in [0.15, 0.2) is 48.5 Å². The molecule has 0 spiro atoms. The van der Waals surface area contributed by atoms with Crippen LogP contribution in [0.4, 0.5) is 0 Å². The van der Waals surface area contributed by atoms with Gasteiger partial charge in [-0.25, -0.2) is 0 Å². The van der Waals surface area contributed by atoms with E-state index in [0.29, 0.717) is 23.2 Å². The van der Waals surface area contributed by atoms with Crippen LogP contribution in [0.25, 0.3) is 11.3 Å². The van der Waals surface area contributed by atoms with Gasteiger partial charge < -0.3 is 9.64 Å². The van der Waals surface area contributed by atoms with Crippen molar-refractivity contribution in [2.75, 3.05) is 13.7 Å². The van der Waals surface area contributed by atoms with Crippen molar-refractivity contribution in [2.45, 2.75) is 19.9 Å². The number of nitrogens with zero attached hydrogens (tertiary/aromatic N) is 2. The quantitative estimate of drug-likeness (QED) is 0.665. The molecule has 0 fully saturated rings. The van der Waals surface area contributed by atoms with E-state index in [1.165, 1.54) is 0 Å². The standard InChI is InChI=1S/C22H22ClN3O2/c1-13(2)12-26-21(16-6-4-5-7-17(16)23)18-19(24-25-20(18)22(26)27)14-8-10-15(28-3)11-9-14/h4-11,13,21H,12H2,1-3H3,(H,24,25). The molecule has 6 heteroatoms. The number of H-pyrrole nitrogens is 1. The monoisotopic (exact) mass is 395 g/mol. The van der Waals surface area contributed by atoms with Crippen LogP contribution >= 0.6 is 11.6 Å². The van der Waals surface area contributed by atoms with Crippen LogP contribution in [-0.4, -0.2) is 34.7 Å². The summed E-state index contributed by atoms with van der Waals surface area (Å²) < 4.78 is 5.26. The average molecular weight is 396 g/mol. The topological polar surface area (TPSA) is 58.2 Å². The highest BCUT2D eigenvalue weighted by atomic mass is 35.5. The number of hydrogen-bond acceptors (Lipinski definition) is 3. The minimum Gasteiger partial charge on any atom is -0.497 e. The average Bonchev–Trinajstić information content (AvgIpc) is 3.22. The molecule has 0 saturated carbocycles. The minimum absolute atomic E-state index is 0.0409. The first-order valence-corrected chi connectivity index (χ1v) is 9.67. The molecule has 5 nitrogen and oxygen atoms in total. The highest BCUT2D eigenvalue weighted by molar-refractivity contribution is 6.31. The lowest BCUT2D eigenvalue weighted by Crippen LogP contribution is -2.33. The number of rotatable bonds is 5. The van der Waals surface area contributed by atoms with Crippen LogP contribution in [0.3, 0.4) is 0 Å². The molecule has 1 aromatic heterocycles. The van der Waals surface area contributed by atoms with Gasteiger partial charge in [-0.3, -0.25) is 9.89 Å². The second-order valence-electron chi connectivity index (χ2n) is 7.36. The summed E-state index contributed by atoms with van der Waals surface area (Å²) in [6, 6.07) is 15.1. The summed E-state index contributed by atoms with van der Waals surface area (Å²) in [6.45, 7) is 4.85. The SMILES string of the molecule is COc1ccc(-c2n[nH]c3c2C(c2ccccc2Cl)N(CC(C)C)C3=O)cc1. The lowest BCUT2D eigenvalue weighted by atomic mass is 9.95. The Bertz CT molecular complexity index is 1010. The van der Waals surface area contributed by atoms with E-state index in [1.807, 2.05) is 53.4 Å². The first kappa shape index (κ1) is 18.6. The van der Waals surface area contributed by atoms with Gasteiger partial charge in [0.25, 0.3) is 5.91 Å². The maximum atomic E-state index is 13.2. The van der Waals surface area contributed by atoms with Crippen molar-refractivity contribution in [3.63, 3.8) is 0 Å². The fourth-order valence-corrected chi connectivity index (χ4v) is 4.01. The molecule has 4 rings (SSSR count). The van der Waals surface area contributed by atoms with Crippen molar-refractivity contribution in [2.24, 2.45) is 5.92 Å². The maximum Gasteiger partial charge on any atom is 0.273 e. The molecule has 1 atom stereocenters. The molecule has 2 heterocycles. The summed E-state index contributed by atoms with van der Waals surface area (Å²) in [6.07, 6.45) is 0. The number of nitrogens with one attached hydrogen (secondary N) is 1. The van der Waals surface area contributed by atoms with E-state index < -0.39 is 0 Å². The number of halogens is 1. The highest BCUT2D eigenvalue weighted by Gasteiger charge is 2.42. The molecular formula is C22H22ClN3O2. The summed E-state index contributed by atoms with van der Waals surface area (Å²) in [7, 11) is 1.64. The number of fused-ring (bicyclic) bond motifs is 1. The third-order valence-electron chi connectivity index (χ3n) is 4.99. The van der Waals surface area contributed by atoms with Crippen LogP contribution in [-0.2, 0) is 0 Å². The number of carbonyl (C=O) groups is 1. The lowest BCUT2D eigenvalue weighted by molar-refractivity contribution is 0.0722. The van der Waals surface area contributed by atoms with Crippen LogP contribution < -0.4 is 4.74 Å². The smallest absolute Gasteiger partial charge is 0.273 e. The number of ether oxygens (including phenoxy) is 1. The normalized spacial score (nSPS) is 16.0. The van der Waals surface area contributed by atoms with Gasteiger partial charge in [-0.05, 0) is 41.8 Å². The molecule has 28 heavy (non-hydrogen) atoms. The molecule has 1 amide bonds. The number of benzene rings is 2. The predicted octanol–water partition coefficient (Wildman–Crippen LogP) is 4.94. The first-order chi connectivity index (χ1) is 13.5. The molecule has 0 aliphatic carbocycles. The largest absolute Gasteiger partial charge is 0.497 e. The van der Waals surface area contributed by atoms with Crippen molar-refractivity contribution in [3.05, 3.63) is 70.4 Å². The van der Waals surface area contributed by atoms with Crippen molar-refractivity contribution in [3.8, 4) is 17.0 Å². The van der Waals surface area contributed by atoms with Gasteiger partial charge in [0, 0.05) is 22.7 Å². The third-order valence-corrected chi connectivity index (χ3v) is 5.33. The van der Waals surface area contributed by atoms with Gasteiger partial charge >= 0.3 is 0 Å². The zero-order valence-electron chi connectivity index (χ0n) is 16.1. The van der Waals surface area contributed by atoms with Crippen LogP contribution in [0.1, 0.15) is 41.5 Å². The molecule has 1 aliphatic rings. The number of aromatic nitrogens is 2. The summed E-state index contributed by atoms with van der Waals surface area (Å²) in [5.41, 5.74) is 4.02. The molecule has 1 N–H and O–H groups in total. The molecular weight excluding hydrogens is 374 g/mol. The molecule has 1 unspecified atom stereocenters. The zero-order valence-corrected chi connectivity index (χ0v) is 16.8. The Morgan fingerprint density at radius 3 is 2.54 bits per heavy atom. The van der Waals surface area contributed by atoms with E-state index >= 15 is 0 Å². The Morgan fingerprint density at radius 2 is 1.89 bits per heavy atom. The molecule has 144 valence electrons. The second kappa shape index (κ2) is 7.32. The van der Waals surface area contributed by atoms with Gasteiger partial charge in [-0.15, -0.1) is 0 Å². The van der Waals surface area contributed by atoms with Crippen molar-refractivity contribution in [1.29, 1.82) is 0 Å². The van der Waals surface area contributed by atoms with E-state index in [0.717, 1.165) is 28.1 Å². The number of carbonyl (C=O) groups excluding carboxylic acids is 1. The third kappa shape index (κ3) is 3.06. The van der Waals surface area contributed by atoms with Crippen molar-refractivity contribution >= 4 is 17.5 Å². The Kier molecular flexibility index (Phi) is 4.85. The van der Waals surface area contributed by atoms with Crippen LogP contribution in [0.2, 0.25) is 5.02 Å². The van der Waals surface area contributed by atoms with Gasteiger partial charge in [0.15, 0.2) is 0 Å². The van der Waals surface area contributed by atoms with Gasteiger partial charge in [0.1, 0.15) is 11.4 Å². The van der Waals surface area contributed by atoms with Crippen molar-refractivity contribution in [1.82, 2.24) is 15.1 Å². The van der Waals surface area contributed by atoms with E-state index in [4.69, 9.17) is 16.3 Å². The lowest BCUT2D eigenvalue weighted by Gasteiger charge is -2.28. The Balaban J connectivity index is 1.88.